The molecule has 0 aliphatic rings. The van der Waals surface area contributed by atoms with Gasteiger partial charge in [-0.1, -0.05) is 24.3 Å². The largest absolute Gasteiger partial charge is 0.504 e. The Morgan fingerprint density at radius 1 is 1.25 bits per heavy atom. The van der Waals surface area contributed by atoms with E-state index >= 15 is 0 Å². The average Bonchev–Trinajstić information content (AvgIpc) is 2.24. The molecule has 3 heteroatoms. The monoisotopic (exact) mass is 216 g/mol. The normalized spacial score (nSPS) is 10.6. The number of rotatable bonds is 2. The highest BCUT2D eigenvalue weighted by molar-refractivity contribution is 5.93. The van der Waals surface area contributed by atoms with E-state index in [0.29, 0.717) is 5.56 Å². The first kappa shape index (κ1) is 10.5. The molecule has 0 spiro atoms. The van der Waals surface area contributed by atoms with Crippen LogP contribution >= 0.6 is 0 Å². The van der Waals surface area contributed by atoms with Crippen LogP contribution in [0.3, 0.4) is 0 Å². The fourth-order valence-corrected chi connectivity index (χ4v) is 1.82. The van der Waals surface area contributed by atoms with Crippen LogP contribution in [0.4, 0.5) is 0 Å². The molecule has 2 aromatic rings. The molecule has 2 rings (SSSR count). The Labute approximate surface area is 93.0 Å². The first-order valence-corrected chi connectivity index (χ1v) is 5.01. The molecule has 3 nitrogen and oxygen atoms in total. The van der Waals surface area contributed by atoms with Gasteiger partial charge < -0.3 is 10.2 Å². The lowest BCUT2D eigenvalue weighted by molar-refractivity contribution is -0.116. The van der Waals surface area contributed by atoms with Gasteiger partial charge in [0.05, 0.1) is 0 Å². The molecule has 0 fully saturated rings. The van der Waals surface area contributed by atoms with Crippen molar-refractivity contribution in [3.63, 3.8) is 0 Å². The van der Waals surface area contributed by atoms with Crippen molar-refractivity contribution in [2.24, 2.45) is 0 Å². The second-order valence-corrected chi connectivity index (χ2v) is 3.82. The highest BCUT2D eigenvalue weighted by atomic mass is 16.3. The van der Waals surface area contributed by atoms with Gasteiger partial charge in [0.25, 0.3) is 0 Å². The van der Waals surface area contributed by atoms with Crippen LogP contribution in [0.25, 0.3) is 10.8 Å². The van der Waals surface area contributed by atoms with Crippen LogP contribution < -0.4 is 0 Å². The molecule has 0 saturated carbocycles. The topological polar surface area (TPSA) is 57.5 Å². The van der Waals surface area contributed by atoms with Gasteiger partial charge in [0.2, 0.25) is 0 Å². The Balaban J connectivity index is 2.76. The van der Waals surface area contributed by atoms with Crippen LogP contribution in [-0.4, -0.2) is 16.0 Å². The Morgan fingerprint density at radius 3 is 2.62 bits per heavy atom. The smallest absolute Gasteiger partial charge is 0.161 e. The van der Waals surface area contributed by atoms with Gasteiger partial charge in [0.1, 0.15) is 5.78 Å². The maximum atomic E-state index is 11.1. The predicted octanol–water partition coefficient (Wildman–Crippen LogP) is 2.38. The van der Waals surface area contributed by atoms with Gasteiger partial charge in [-0.05, 0) is 23.8 Å². The molecule has 2 N–H and O–H groups in total. The molecule has 0 radical (unpaired) electrons. The Bertz CT molecular complexity index is 558. The zero-order chi connectivity index (χ0) is 11.7. The maximum Gasteiger partial charge on any atom is 0.161 e. The van der Waals surface area contributed by atoms with Crippen LogP contribution in [0, 0.1) is 0 Å². The minimum atomic E-state index is -0.200. The number of aromatic hydroxyl groups is 2. The van der Waals surface area contributed by atoms with Crippen LogP contribution in [0.5, 0.6) is 11.5 Å². The van der Waals surface area contributed by atoms with Gasteiger partial charge in [-0.25, -0.2) is 0 Å². The minimum Gasteiger partial charge on any atom is -0.504 e. The summed E-state index contributed by atoms with van der Waals surface area (Å²) in [7, 11) is 0. The number of phenolic OH excluding ortho intramolecular Hbond substituents is 2. The van der Waals surface area contributed by atoms with Gasteiger partial charge in [0.15, 0.2) is 11.5 Å². The molecule has 0 saturated heterocycles. The lowest BCUT2D eigenvalue weighted by atomic mass is 9.99. The fraction of sp³-hybridized carbons (Fsp3) is 0.154. The van der Waals surface area contributed by atoms with Crippen LogP contribution in [0.1, 0.15) is 12.5 Å². The standard InChI is InChI=1S/C13H12O3/c1-8(14)6-11-10-5-3-2-4-9(10)7-12(15)13(11)16/h2-5,7,15-16H,6H2,1H3. The molecule has 0 amide bonds. The summed E-state index contributed by atoms with van der Waals surface area (Å²) in [5.41, 5.74) is 0.489. The van der Waals surface area contributed by atoms with Gasteiger partial charge in [0, 0.05) is 12.0 Å². The molecule has 0 aliphatic heterocycles. The third-order valence-electron chi connectivity index (χ3n) is 2.53. The number of carbonyl (C=O) groups excluding carboxylic acids is 1. The molecule has 16 heavy (non-hydrogen) atoms. The highest BCUT2D eigenvalue weighted by Gasteiger charge is 2.13. The van der Waals surface area contributed by atoms with Gasteiger partial charge in [-0.15, -0.1) is 0 Å². The molecular weight excluding hydrogens is 204 g/mol. The number of ketones is 1. The zero-order valence-electron chi connectivity index (χ0n) is 8.90. The number of hydrogen-bond acceptors (Lipinski definition) is 3. The van der Waals surface area contributed by atoms with E-state index in [2.05, 4.69) is 0 Å². The first-order chi connectivity index (χ1) is 7.59. The van der Waals surface area contributed by atoms with E-state index in [4.69, 9.17) is 0 Å². The Hall–Kier alpha value is -2.03. The second-order valence-electron chi connectivity index (χ2n) is 3.82. The molecule has 0 aromatic heterocycles. The molecule has 0 aliphatic carbocycles. The minimum absolute atomic E-state index is 0.0500. The van der Waals surface area contributed by atoms with Crippen molar-refractivity contribution in [3.05, 3.63) is 35.9 Å². The number of Topliss-reactive ketones (excluding diaryl/α,β-unsaturated/α-hetero) is 1. The third-order valence-corrected chi connectivity index (χ3v) is 2.53. The molecule has 2 aromatic carbocycles. The van der Waals surface area contributed by atoms with Crippen molar-refractivity contribution in [3.8, 4) is 11.5 Å². The van der Waals surface area contributed by atoms with Crippen LogP contribution in [0.15, 0.2) is 30.3 Å². The lowest BCUT2D eigenvalue weighted by Crippen LogP contribution is -1.98. The van der Waals surface area contributed by atoms with Crippen molar-refractivity contribution in [1.29, 1.82) is 0 Å². The summed E-state index contributed by atoms with van der Waals surface area (Å²) in [5.74, 6) is -0.435. The van der Waals surface area contributed by atoms with Gasteiger partial charge in [-0.2, -0.15) is 0 Å². The summed E-state index contributed by atoms with van der Waals surface area (Å²) in [4.78, 5) is 11.1. The molecule has 0 bridgehead atoms. The fourth-order valence-electron chi connectivity index (χ4n) is 1.82. The Morgan fingerprint density at radius 2 is 1.94 bits per heavy atom. The summed E-state index contributed by atoms with van der Waals surface area (Å²) in [6, 6.07) is 8.83. The predicted molar refractivity (Wildman–Crippen MR) is 61.7 cm³/mol. The number of fused-ring (bicyclic) bond motifs is 1. The first-order valence-electron chi connectivity index (χ1n) is 5.01. The van der Waals surface area contributed by atoms with Gasteiger partial charge in [-0.3, -0.25) is 4.79 Å². The number of benzene rings is 2. The summed E-state index contributed by atoms with van der Waals surface area (Å²) >= 11 is 0. The summed E-state index contributed by atoms with van der Waals surface area (Å²) < 4.78 is 0. The SMILES string of the molecule is CC(=O)Cc1c(O)c(O)cc2ccccc12. The van der Waals surface area contributed by atoms with E-state index in [-0.39, 0.29) is 23.7 Å². The average molecular weight is 216 g/mol. The van der Waals surface area contributed by atoms with E-state index < -0.39 is 0 Å². The maximum absolute atomic E-state index is 11.1. The van der Waals surface area contributed by atoms with E-state index in [9.17, 15) is 15.0 Å². The molecular formula is C13H12O3. The van der Waals surface area contributed by atoms with Crippen molar-refractivity contribution >= 4 is 16.6 Å². The van der Waals surface area contributed by atoms with Crippen molar-refractivity contribution < 1.29 is 15.0 Å². The Kier molecular flexibility index (Phi) is 2.52. The van der Waals surface area contributed by atoms with Crippen molar-refractivity contribution in [2.75, 3.05) is 0 Å². The number of carbonyl (C=O) groups is 1. The van der Waals surface area contributed by atoms with E-state index in [1.807, 2.05) is 24.3 Å². The van der Waals surface area contributed by atoms with Crippen molar-refractivity contribution in [1.82, 2.24) is 0 Å². The summed E-state index contributed by atoms with van der Waals surface area (Å²) in [6.07, 6.45) is 0.126. The van der Waals surface area contributed by atoms with E-state index in [1.165, 1.54) is 13.0 Å². The van der Waals surface area contributed by atoms with Gasteiger partial charge >= 0.3 is 0 Å². The zero-order valence-corrected chi connectivity index (χ0v) is 8.90. The number of hydrogen-bond donors (Lipinski definition) is 2. The third kappa shape index (κ3) is 1.72. The van der Waals surface area contributed by atoms with Crippen LogP contribution in [-0.2, 0) is 11.2 Å². The molecule has 0 heterocycles. The van der Waals surface area contributed by atoms with Crippen molar-refractivity contribution in [2.45, 2.75) is 13.3 Å². The summed E-state index contributed by atoms with van der Waals surface area (Å²) in [6.45, 7) is 1.46. The molecule has 82 valence electrons. The molecule has 0 unspecified atom stereocenters. The quantitative estimate of drug-likeness (QED) is 0.758. The molecule has 0 atom stereocenters. The summed E-state index contributed by atoms with van der Waals surface area (Å²) in [5, 5.41) is 20.9. The van der Waals surface area contributed by atoms with E-state index in [1.54, 1.807) is 0 Å². The number of phenols is 2. The second kappa shape index (κ2) is 3.85. The lowest BCUT2D eigenvalue weighted by Gasteiger charge is -2.09. The van der Waals surface area contributed by atoms with Crippen LogP contribution in [0.2, 0.25) is 0 Å². The highest BCUT2D eigenvalue weighted by Crippen LogP contribution is 2.35. The van der Waals surface area contributed by atoms with E-state index in [0.717, 1.165) is 10.8 Å².